The second-order valence-corrected chi connectivity index (χ2v) is 8.88. The maximum Gasteiger partial charge on any atom is 0.273 e. The molecular formula is C19H21N3O5S. The summed E-state index contributed by atoms with van der Waals surface area (Å²) < 4.78 is 26.9. The highest BCUT2D eigenvalue weighted by atomic mass is 32.2. The molecule has 0 radical (unpaired) electrons. The Labute approximate surface area is 163 Å². The first-order chi connectivity index (χ1) is 13.2. The van der Waals surface area contributed by atoms with Crippen LogP contribution in [0.15, 0.2) is 47.4 Å². The molecule has 3 rings (SSSR count). The molecule has 28 heavy (non-hydrogen) atoms. The Morgan fingerprint density at radius 2 is 1.86 bits per heavy atom. The number of nitrogens with zero attached hydrogens (tertiary/aromatic N) is 2. The molecule has 1 aliphatic rings. The second-order valence-electron chi connectivity index (χ2n) is 6.86. The van der Waals surface area contributed by atoms with Crippen LogP contribution in [0.5, 0.6) is 0 Å². The number of hydrogen-bond donors (Lipinski definition) is 1. The normalized spacial score (nSPS) is 14.1. The number of carbonyl (C=O) groups is 1. The molecule has 2 aromatic carbocycles. The molecule has 0 saturated heterocycles. The quantitative estimate of drug-likeness (QED) is 0.564. The second kappa shape index (κ2) is 7.69. The van der Waals surface area contributed by atoms with Gasteiger partial charge in [0.1, 0.15) is 0 Å². The van der Waals surface area contributed by atoms with Crippen molar-refractivity contribution in [3.05, 3.63) is 69.3 Å². The molecule has 1 saturated carbocycles. The maximum absolute atomic E-state index is 12.9. The van der Waals surface area contributed by atoms with Crippen molar-refractivity contribution in [2.24, 2.45) is 0 Å². The minimum atomic E-state index is -3.91. The van der Waals surface area contributed by atoms with Crippen molar-refractivity contribution in [2.75, 3.05) is 7.05 Å². The van der Waals surface area contributed by atoms with Crippen molar-refractivity contribution >= 4 is 21.6 Å². The van der Waals surface area contributed by atoms with Gasteiger partial charge in [0.2, 0.25) is 10.0 Å². The highest BCUT2D eigenvalue weighted by Crippen LogP contribution is 2.27. The third-order valence-corrected chi connectivity index (χ3v) is 6.62. The minimum absolute atomic E-state index is 0.0784. The van der Waals surface area contributed by atoms with Gasteiger partial charge < -0.3 is 5.32 Å². The molecule has 2 aromatic rings. The fourth-order valence-corrected chi connectivity index (χ4v) is 4.24. The third-order valence-electron chi connectivity index (χ3n) is 4.67. The van der Waals surface area contributed by atoms with Crippen LogP contribution >= 0.6 is 0 Å². The summed E-state index contributed by atoms with van der Waals surface area (Å²) in [7, 11) is -2.49. The van der Waals surface area contributed by atoms with Gasteiger partial charge in [0.25, 0.3) is 11.6 Å². The summed E-state index contributed by atoms with van der Waals surface area (Å²) in [4.78, 5) is 22.4. The molecule has 8 nitrogen and oxygen atoms in total. The number of benzene rings is 2. The average molecular weight is 403 g/mol. The first-order valence-electron chi connectivity index (χ1n) is 8.80. The first kappa shape index (κ1) is 20.0. The van der Waals surface area contributed by atoms with Gasteiger partial charge in [-0.25, -0.2) is 8.42 Å². The van der Waals surface area contributed by atoms with Crippen LogP contribution in [0, 0.1) is 17.0 Å². The molecule has 148 valence electrons. The zero-order valence-electron chi connectivity index (χ0n) is 15.6. The van der Waals surface area contributed by atoms with Crippen molar-refractivity contribution in [1.29, 1.82) is 0 Å². The number of nitro groups is 1. The lowest BCUT2D eigenvalue weighted by molar-refractivity contribution is -0.385. The number of amides is 1. The average Bonchev–Trinajstić information content (AvgIpc) is 3.46. The molecular weight excluding hydrogens is 382 g/mol. The summed E-state index contributed by atoms with van der Waals surface area (Å²) in [5.41, 5.74) is 1.10. The van der Waals surface area contributed by atoms with Crippen LogP contribution in [0.4, 0.5) is 5.69 Å². The van der Waals surface area contributed by atoms with E-state index in [1.54, 1.807) is 24.3 Å². The number of carbonyl (C=O) groups excluding carboxylic acids is 1. The van der Waals surface area contributed by atoms with E-state index in [9.17, 15) is 23.3 Å². The molecule has 1 aliphatic carbocycles. The summed E-state index contributed by atoms with van der Waals surface area (Å²) in [6.45, 7) is 1.50. The fraction of sp³-hybridized carbons (Fsp3) is 0.316. The zero-order chi connectivity index (χ0) is 20.5. The van der Waals surface area contributed by atoms with Crippen molar-refractivity contribution in [3.8, 4) is 0 Å². The van der Waals surface area contributed by atoms with Crippen LogP contribution in [-0.2, 0) is 16.6 Å². The van der Waals surface area contributed by atoms with Crippen LogP contribution in [0.1, 0.15) is 34.3 Å². The van der Waals surface area contributed by atoms with Gasteiger partial charge in [-0.2, -0.15) is 4.31 Å². The van der Waals surface area contributed by atoms with Gasteiger partial charge in [-0.1, -0.05) is 18.2 Å². The lowest BCUT2D eigenvalue weighted by Crippen LogP contribution is -2.27. The van der Waals surface area contributed by atoms with Gasteiger partial charge in [0, 0.05) is 36.8 Å². The summed E-state index contributed by atoms with van der Waals surface area (Å²) >= 11 is 0. The molecule has 0 bridgehead atoms. The Balaban J connectivity index is 1.76. The molecule has 1 fully saturated rings. The van der Waals surface area contributed by atoms with E-state index in [-0.39, 0.29) is 34.6 Å². The third kappa shape index (κ3) is 4.20. The van der Waals surface area contributed by atoms with Crippen molar-refractivity contribution in [2.45, 2.75) is 37.2 Å². The zero-order valence-corrected chi connectivity index (χ0v) is 16.4. The van der Waals surface area contributed by atoms with E-state index in [1.165, 1.54) is 32.2 Å². The molecule has 0 aromatic heterocycles. The highest BCUT2D eigenvalue weighted by Gasteiger charge is 2.27. The number of hydrogen-bond acceptors (Lipinski definition) is 5. The lowest BCUT2D eigenvalue weighted by atomic mass is 10.1. The van der Waals surface area contributed by atoms with Crippen LogP contribution in [-0.4, -0.2) is 36.6 Å². The Kier molecular flexibility index (Phi) is 5.48. The fourth-order valence-electron chi connectivity index (χ4n) is 2.85. The van der Waals surface area contributed by atoms with Crippen molar-refractivity contribution in [1.82, 2.24) is 9.62 Å². The molecule has 1 amide bonds. The predicted molar refractivity (Wildman–Crippen MR) is 103 cm³/mol. The standard InChI is InChI=1S/C19H21N3O5S/c1-13-17(22(24)25)4-3-5-18(13)28(26,27)21(2)12-14-6-8-15(9-7-14)19(23)20-16-10-11-16/h3-9,16H,10-12H2,1-2H3,(H,20,23). The summed E-state index contributed by atoms with van der Waals surface area (Å²) in [5, 5.41) is 14.0. The highest BCUT2D eigenvalue weighted by molar-refractivity contribution is 7.89. The van der Waals surface area contributed by atoms with E-state index in [0.29, 0.717) is 11.1 Å². The summed E-state index contributed by atoms with van der Waals surface area (Å²) in [6.07, 6.45) is 2.01. The summed E-state index contributed by atoms with van der Waals surface area (Å²) in [5.74, 6) is -0.137. The van der Waals surface area contributed by atoms with E-state index in [4.69, 9.17) is 0 Å². The molecule has 0 unspecified atom stereocenters. The van der Waals surface area contributed by atoms with E-state index >= 15 is 0 Å². The Morgan fingerprint density at radius 1 is 1.21 bits per heavy atom. The Morgan fingerprint density at radius 3 is 2.43 bits per heavy atom. The maximum atomic E-state index is 12.9. The minimum Gasteiger partial charge on any atom is -0.349 e. The van der Waals surface area contributed by atoms with Crippen LogP contribution < -0.4 is 5.32 Å². The van der Waals surface area contributed by atoms with Gasteiger partial charge >= 0.3 is 0 Å². The van der Waals surface area contributed by atoms with Gasteiger partial charge in [-0.15, -0.1) is 0 Å². The van der Waals surface area contributed by atoms with Crippen molar-refractivity contribution in [3.63, 3.8) is 0 Å². The van der Waals surface area contributed by atoms with E-state index in [0.717, 1.165) is 17.1 Å². The number of nitrogens with one attached hydrogen (secondary N) is 1. The molecule has 0 aliphatic heterocycles. The van der Waals surface area contributed by atoms with E-state index < -0.39 is 14.9 Å². The van der Waals surface area contributed by atoms with Gasteiger partial charge in [0.15, 0.2) is 0 Å². The molecule has 9 heteroatoms. The van der Waals surface area contributed by atoms with Crippen LogP contribution in [0.2, 0.25) is 0 Å². The Hall–Kier alpha value is -2.78. The topological polar surface area (TPSA) is 110 Å². The SMILES string of the molecule is Cc1c([N+](=O)[O-])cccc1S(=O)(=O)N(C)Cc1ccc(C(=O)NC2CC2)cc1. The number of nitro benzene ring substituents is 1. The van der Waals surface area contributed by atoms with Gasteiger partial charge in [-0.05, 0) is 43.5 Å². The van der Waals surface area contributed by atoms with Gasteiger partial charge in [0.05, 0.1) is 9.82 Å². The number of sulfonamides is 1. The first-order valence-corrected chi connectivity index (χ1v) is 10.2. The predicted octanol–water partition coefficient (Wildman–Crippen LogP) is 2.62. The van der Waals surface area contributed by atoms with Gasteiger partial charge in [-0.3, -0.25) is 14.9 Å². The monoisotopic (exact) mass is 403 g/mol. The largest absolute Gasteiger partial charge is 0.349 e. The molecule has 1 N–H and O–H groups in total. The lowest BCUT2D eigenvalue weighted by Gasteiger charge is -2.18. The van der Waals surface area contributed by atoms with E-state index in [1.807, 2.05) is 0 Å². The van der Waals surface area contributed by atoms with Crippen molar-refractivity contribution < 1.29 is 18.1 Å². The molecule has 0 spiro atoms. The number of rotatable bonds is 7. The molecule has 0 atom stereocenters. The van der Waals surface area contributed by atoms with Crippen LogP contribution in [0.3, 0.4) is 0 Å². The smallest absolute Gasteiger partial charge is 0.273 e. The Bertz CT molecular complexity index is 1010. The molecule has 0 heterocycles. The van der Waals surface area contributed by atoms with Crippen LogP contribution in [0.25, 0.3) is 0 Å². The summed E-state index contributed by atoms with van der Waals surface area (Å²) in [6, 6.07) is 11.0. The van der Waals surface area contributed by atoms with E-state index in [2.05, 4.69) is 5.32 Å².